The summed E-state index contributed by atoms with van der Waals surface area (Å²) in [6.07, 6.45) is 2.34. The van der Waals surface area contributed by atoms with Crippen molar-refractivity contribution in [2.45, 2.75) is 52.0 Å². The lowest BCUT2D eigenvalue weighted by molar-refractivity contribution is 0.113. The van der Waals surface area contributed by atoms with Gasteiger partial charge < -0.3 is 4.74 Å². The Bertz CT molecular complexity index is 360. The first-order chi connectivity index (χ1) is 9.01. The van der Waals surface area contributed by atoms with Gasteiger partial charge in [0.1, 0.15) is 0 Å². The predicted octanol–water partition coefficient (Wildman–Crippen LogP) is 3.97. The van der Waals surface area contributed by atoms with Crippen LogP contribution in [0.2, 0.25) is 19.6 Å². The molecule has 0 aliphatic carbocycles. The van der Waals surface area contributed by atoms with Gasteiger partial charge in [-0.3, -0.25) is 5.32 Å². The molecule has 0 radical (unpaired) electrons. The first kappa shape index (κ1) is 16.4. The van der Waals surface area contributed by atoms with Gasteiger partial charge in [0.05, 0.1) is 6.73 Å². The van der Waals surface area contributed by atoms with Crippen molar-refractivity contribution in [3.63, 3.8) is 0 Å². The Labute approximate surface area is 119 Å². The Balaban J connectivity index is 2.32. The molecule has 0 aliphatic rings. The normalized spacial score (nSPS) is 11.8. The van der Waals surface area contributed by atoms with E-state index in [1.807, 2.05) is 0 Å². The number of ether oxygens (including phenoxy) is 1. The molecule has 3 heteroatoms. The van der Waals surface area contributed by atoms with Crippen LogP contribution in [0.3, 0.4) is 0 Å². The van der Waals surface area contributed by atoms with Gasteiger partial charge in [-0.2, -0.15) is 0 Å². The van der Waals surface area contributed by atoms with Gasteiger partial charge in [-0.1, -0.05) is 62.8 Å². The van der Waals surface area contributed by atoms with Crippen molar-refractivity contribution in [1.29, 1.82) is 0 Å². The fourth-order valence-electron chi connectivity index (χ4n) is 2.05. The van der Waals surface area contributed by atoms with Crippen molar-refractivity contribution in [2.75, 3.05) is 13.3 Å². The zero-order valence-corrected chi connectivity index (χ0v) is 14.0. The molecule has 0 aliphatic heterocycles. The summed E-state index contributed by atoms with van der Waals surface area (Å²) in [4.78, 5) is 0. The fraction of sp³-hybridized carbons (Fsp3) is 0.625. The molecule has 0 bridgehead atoms. The zero-order valence-electron chi connectivity index (χ0n) is 13.0. The third-order valence-electron chi connectivity index (χ3n) is 2.90. The largest absolute Gasteiger partial charge is 0.366 e. The molecule has 108 valence electrons. The van der Waals surface area contributed by atoms with Crippen molar-refractivity contribution < 1.29 is 4.74 Å². The lowest BCUT2D eigenvalue weighted by atomic mass is 10.1. The molecule has 0 unspecified atom stereocenters. The van der Waals surface area contributed by atoms with E-state index in [4.69, 9.17) is 4.74 Å². The fourth-order valence-corrected chi connectivity index (χ4v) is 3.49. The quantitative estimate of drug-likeness (QED) is 0.419. The number of hydrogen-bond acceptors (Lipinski definition) is 2. The van der Waals surface area contributed by atoms with E-state index in [-0.39, 0.29) is 0 Å². The summed E-state index contributed by atoms with van der Waals surface area (Å²) >= 11 is 0. The van der Waals surface area contributed by atoms with E-state index in [1.54, 1.807) is 0 Å². The second kappa shape index (κ2) is 8.51. The standard InChI is InChI=1S/C16H29NOSi/c1-5-6-10-18-14-17-12-15-8-7-9-16(11-15)13-19(2,3)4/h7-9,11,17H,5-6,10,12-14H2,1-4H3. The summed E-state index contributed by atoms with van der Waals surface area (Å²) in [5.41, 5.74) is 2.83. The van der Waals surface area contributed by atoms with Crippen LogP contribution in [-0.2, 0) is 17.3 Å². The molecule has 1 N–H and O–H groups in total. The van der Waals surface area contributed by atoms with Crippen LogP contribution in [-0.4, -0.2) is 21.4 Å². The predicted molar refractivity (Wildman–Crippen MR) is 86.1 cm³/mol. The first-order valence-corrected chi connectivity index (χ1v) is 11.1. The van der Waals surface area contributed by atoms with Crippen LogP contribution >= 0.6 is 0 Å². The maximum absolute atomic E-state index is 5.50. The van der Waals surface area contributed by atoms with E-state index in [0.29, 0.717) is 6.73 Å². The van der Waals surface area contributed by atoms with Crippen molar-refractivity contribution in [2.24, 2.45) is 0 Å². The van der Waals surface area contributed by atoms with Crippen LogP contribution in [0.5, 0.6) is 0 Å². The van der Waals surface area contributed by atoms with Gasteiger partial charge in [-0.25, -0.2) is 0 Å². The SMILES string of the molecule is CCCCOCNCc1cccc(C[Si](C)(C)C)c1. The van der Waals surface area contributed by atoms with E-state index in [0.717, 1.165) is 19.6 Å². The Morgan fingerprint density at radius 2 is 1.89 bits per heavy atom. The maximum atomic E-state index is 5.50. The Morgan fingerprint density at radius 1 is 1.16 bits per heavy atom. The number of hydrogen-bond donors (Lipinski definition) is 1. The molecule has 19 heavy (non-hydrogen) atoms. The van der Waals surface area contributed by atoms with E-state index < -0.39 is 8.07 Å². The highest BCUT2D eigenvalue weighted by molar-refractivity contribution is 6.75. The van der Waals surface area contributed by atoms with Crippen LogP contribution in [0.15, 0.2) is 24.3 Å². The summed E-state index contributed by atoms with van der Waals surface area (Å²) in [6.45, 7) is 11.8. The van der Waals surface area contributed by atoms with Crippen LogP contribution in [0, 0.1) is 0 Å². The molecule has 0 spiro atoms. The average molecular weight is 280 g/mol. The summed E-state index contributed by atoms with van der Waals surface area (Å²) in [5.74, 6) is 0. The van der Waals surface area contributed by atoms with Crippen molar-refractivity contribution in [1.82, 2.24) is 5.32 Å². The molecule has 0 atom stereocenters. The van der Waals surface area contributed by atoms with Crippen molar-refractivity contribution in [3.05, 3.63) is 35.4 Å². The summed E-state index contributed by atoms with van der Waals surface area (Å²) < 4.78 is 5.50. The second-order valence-corrected chi connectivity index (χ2v) is 11.9. The minimum absolute atomic E-state index is 0.651. The van der Waals surface area contributed by atoms with Gasteiger partial charge in [0, 0.05) is 21.2 Å². The molecule has 0 aromatic heterocycles. The van der Waals surface area contributed by atoms with Gasteiger partial charge in [-0.05, 0) is 18.0 Å². The smallest absolute Gasteiger partial charge is 0.0967 e. The molecule has 1 aromatic carbocycles. The minimum atomic E-state index is -1.02. The third-order valence-corrected chi connectivity index (χ3v) is 4.37. The monoisotopic (exact) mass is 279 g/mol. The lowest BCUT2D eigenvalue weighted by Gasteiger charge is -2.16. The van der Waals surface area contributed by atoms with E-state index in [2.05, 4.69) is 56.1 Å². The summed E-state index contributed by atoms with van der Waals surface area (Å²) in [6, 6.07) is 10.2. The lowest BCUT2D eigenvalue weighted by Crippen LogP contribution is -2.24. The molecule has 0 saturated carbocycles. The summed E-state index contributed by atoms with van der Waals surface area (Å²) in [5, 5.41) is 3.34. The molecule has 1 aromatic rings. The van der Waals surface area contributed by atoms with E-state index in [1.165, 1.54) is 23.6 Å². The average Bonchev–Trinajstić information content (AvgIpc) is 2.32. The maximum Gasteiger partial charge on any atom is 0.0967 e. The number of benzene rings is 1. The van der Waals surface area contributed by atoms with Crippen molar-refractivity contribution in [3.8, 4) is 0 Å². The Kier molecular flexibility index (Phi) is 7.35. The van der Waals surface area contributed by atoms with Gasteiger partial charge in [0.15, 0.2) is 0 Å². The van der Waals surface area contributed by atoms with E-state index in [9.17, 15) is 0 Å². The Morgan fingerprint density at radius 3 is 2.58 bits per heavy atom. The molecular weight excluding hydrogens is 250 g/mol. The van der Waals surface area contributed by atoms with Crippen LogP contribution in [0.4, 0.5) is 0 Å². The number of rotatable bonds is 9. The zero-order chi connectivity index (χ0) is 14.1. The molecule has 2 nitrogen and oxygen atoms in total. The highest BCUT2D eigenvalue weighted by Gasteiger charge is 2.13. The minimum Gasteiger partial charge on any atom is -0.366 e. The number of unbranched alkanes of at least 4 members (excludes halogenated alkanes) is 1. The highest BCUT2D eigenvalue weighted by atomic mass is 28.3. The van der Waals surface area contributed by atoms with Crippen molar-refractivity contribution >= 4 is 8.07 Å². The molecule has 0 heterocycles. The summed E-state index contributed by atoms with van der Waals surface area (Å²) in [7, 11) is -1.02. The first-order valence-electron chi connectivity index (χ1n) is 7.37. The number of nitrogens with one attached hydrogen (secondary N) is 1. The van der Waals surface area contributed by atoms with Crippen LogP contribution in [0.25, 0.3) is 0 Å². The van der Waals surface area contributed by atoms with Crippen LogP contribution in [0.1, 0.15) is 30.9 Å². The second-order valence-electron chi connectivity index (χ2n) is 6.39. The molecule has 0 amide bonds. The molecular formula is C16H29NOSi. The van der Waals surface area contributed by atoms with Gasteiger partial charge in [-0.15, -0.1) is 0 Å². The third kappa shape index (κ3) is 8.19. The van der Waals surface area contributed by atoms with E-state index >= 15 is 0 Å². The highest BCUT2D eigenvalue weighted by Crippen LogP contribution is 2.13. The van der Waals surface area contributed by atoms with Gasteiger partial charge in [0.25, 0.3) is 0 Å². The molecule has 0 saturated heterocycles. The van der Waals surface area contributed by atoms with Gasteiger partial charge in [0.2, 0.25) is 0 Å². The molecule has 1 rings (SSSR count). The Hall–Kier alpha value is -0.643. The topological polar surface area (TPSA) is 21.3 Å². The van der Waals surface area contributed by atoms with Gasteiger partial charge >= 0.3 is 0 Å². The van der Waals surface area contributed by atoms with Crippen LogP contribution < -0.4 is 5.32 Å². The molecule has 0 fully saturated rings.